The Morgan fingerprint density at radius 1 is 1.12 bits per heavy atom. The molecule has 7 heteroatoms. The van der Waals surface area contributed by atoms with Crippen LogP contribution in [0, 0.1) is 0 Å². The first-order chi connectivity index (χ1) is 16.3. The fraction of sp³-hybridized carbons (Fsp3) is 0.259. The Morgan fingerprint density at radius 3 is 2.56 bits per heavy atom. The van der Waals surface area contributed by atoms with Gasteiger partial charge in [0.1, 0.15) is 23.3 Å². The molecule has 3 heterocycles. The predicted octanol–water partition coefficient (Wildman–Crippen LogP) is 1.80. The van der Waals surface area contributed by atoms with Crippen LogP contribution in [0.25, 0.3) is 5.76 Å². The molecule has 0 bridgehead atoms. The highest BCUT2D eigenvalue weighted by Crippen LogP contribution is 2.40. The zero-order valence-corrected chi connectivity index (χ0v) is 19.3. The number of hydrogen-bond donors (Lipinski definition) is 1. The van der Waals surface area contributed by atoms with E-state index in [0.29, 0.717) is 23.3 Å². The van der Waals surface area contributed by atoms with Crippen LogP contribution in [-0.2, 0) is 22.6 Å². The molecule has 5 rings (SSSR count). The number of carbonyl (C=O) groups is 2. The molecule has 1 saturated heterocycles. The summed E-state index contributed by atoms with van der Waals surface area (Å²) in [5.41, 5.74) is 3.04. The average Bonchev–Trinajstić information content (AvgIpc) is 3.53. The number of quaternary nitrogens is 1. The average molecular weight is 459 g/mol. The van der Waals surface area contributed by atoms with E-state index in [1.165, 1.54) is 11.2 Å². The summed E-state index contributed by atoms with van der Waals surface area (Å²) in [4.78, 5) is 28.9. The molecule has 7 nitrogen and oxygen atoms in total. The summed E-state index contributed by atoms with van der Waals surface area (Å²) in [6.07, 6.45) is 2.25. The van der Waals surface area contributed by atoms with Crippen LogP contribution in [0.15, 0.2) is 70.9 Å². The Bertz CT molecular complexity index is 1270. The summed E-state index contributed by atoms with van der Waals surface area (Å²) in [6, 6.07) is 15.5. The largest absolute Gasteiger partial charge is 0.872 e. The lowest BCUT2D eigenvalue weighted by Crippen LogP contribution is -3.00. The van der Waals surface area contributed by atoms with Gasteiger partial charge in [0.05, 0.1) is 32.9 Å². The van der Waals surface area contributed by atoms with E-state index >= 15 is 0 Å². The van der Waals surface area contributed by atoms with Crippen molar-refractivity contribution in [1.82, 2.24) is 4.90 Å². The van der Waals surface area contributed by atoms with Gasteiger partial charge < -0.3 is 24.1 Å². The molecule has 1 amide bonds. The molecule has 0 spiro atoms. The van der Waals surface area contributed by atoms with Crippen LogP contribution in [0.5, 0.6) is 5.75 Å². The Balaban J connectivity index is 1.62. The number of hydrogen-bond acceptors (Lipinski definition) is 5. The summed E-state index contributed by atoms with van der Waals surface area (Å²) >= 11 is 0. The quantitative estimate of drug-likeness (QED) is 0.358. The van der Waals surface area contributed by atoms with E-state index in [-0.39, 0.29) is 18.2 Å². The Morgan fingerprint density at radius 2 is 1.88 bits per heavy atom. The summed E-state index contributed by atoms with van der Waals surface area (Å²) < 4.78 is 11.2. The minimum Gasteiger partial charge on any atom is -0.872 e. The van der Waals surface area contributed by atoms with Gasteiger partial charge in [0.2, 0.25) is 5.78 Å². The molecule has 0 saturated carbocycles. The van der Waals surface area contributed by atoms with E-state index < -0.39 is 23.5 Å². The lowest BCUT2D eigenvalue weighted by Gasteiger charge is -2.27. The third-order valence-electron chi connectivity index (χ3n) is 6.40. The Kier molecular flexibility index (Phi) is 5.49. The van der Waals surface area contributed by atoms with Gasteiger partial charge in [-0.1, -0.05) is 24.0 Å². The van der Waals surface area contributed by atoms with Gasteiger partial charge in [0.25, 0.3) is 5.91 Å². The van der Waals surface area contributed by atoms with Crippen LogP contribution in [0.1, 0.15) is 35.4 Å². The van der Waals surface area contributed by atoms with Crippen LogP contribution < -0.4 is 14.7 Å². The highest BCUT2D eigenvalue weighted by Gasteiger charge is 2.44. The maximum Gasteiger partial charge on any atom is 0.295 e. The number of Topliss-reactive ketones (excluding diaryl/α,β-unsaturated/α-hetero) is 1. The van der Waals surface area contributed by atoms with Crippen molar-refractivity contribution in [3.05, 3.63) is 88.9 Å². The SMILES string of the molecule is CC1Cc2cc(C([O-])=C3C(=O)C(=O)N(Cc4ccco4)C3c3ccc([NH+](C)C)cc3)ccc2O1. The number of rotatable bonds is 5. The van der Waals surface area contributed by atoms with Crippen molar-refractivity contribution in [2.24, 2.45) is 0 Å². The zero-order valence-electron chi connectivity index (χ0n) is 19.3. The number of ether oxygens (including phenoxy) is 1. The fourth-order valence-electron chi connectivity index (χ4n) is 4.67. The maximum atomic E-state index is 13.7. The van der Waals surface area contributed by atoms with Crippen LogP contribution in [0.3, 0.4) is 0 Å². The van der Waals surface area contributed by atoms with E-state index in [4.69, 9.17) is 9.15 Å². The van der Waals surface area contributed by atoms with Gasteiger partial charge in [-0.3, -0.25) is 9.59 Å². The van der Waals surface area contributed by atoms with Gasteiger partial charge in [-0.2, -0.15) is 0 Å². The van der Waals surface area contributed by atoms with E-state index in [0.717, 1.165) is 21.9 Å². The predicted molar refractivity (Wildman–Crippen MR) is 123 cm³/mol. The number of benzene rings is 2. The van der Waals surface area contributed by atoms with Crippen molar-refractivity contribution >= 4 is 23.1 Å². The number of nitrogens with one attached hydrogen (secondary N) is 1. The van der Waals surface area contributed by atoms with Crippen molar-refractivity contribution in [1.29, 1.82) is 0 Å². The maximum absolute atomic E-state index is 13.7. The number of nitrogens with zero attached hydrogens (tertiary/aromatic N) is 1. The molecule has 2 unspecified atom stereocenters. The zero-order chi connectivity index (χ0) is 24.0. The van der Waals surface area contributed by atoms with Gasteiger partial charge in [-0.05, 0) is 60.0 Å². The van der Waals surface area contributed by atoms with Crippen LogP contribution in [-0.4, -0.2) is 36.8 Å². The molecule has 2 aliphatic heterocycles. The van der Waals surface area contributed by atoms with Crippen molar-refractivity contribution in [3.8, 4) is 5.75 Å². The molecular formula is C27H26N2O5. The smallest absolute Gasteiger partial charge is 0.295 e. The highest BCUT2D eigenvalue weighted by molar-refractivity contribution is 6.46. The van der Waals surface area contributed by atoms with Gasteiger partial charge in [0, 0.05) is 12.0 Å². The molecule has 2 aromatic carbocycles. The molecule has 2 atom stereocenters. The van der Waals surface area contributed by atoms with E-state index in [9.17, 15) is 14.7 Å². The van der Waals surface area contributed by atoms with E-state index in [1.54, 1.807) is 30.3 Å². The summed E-state index contributed by atoms with van der Waals surface area (Å²) in [7, 11) is 4.03. The Labute approximate surface area is 197 Å². The molecule has 34 heavy (non-hydrogen) atoms. The summed E-state index contributed by atoms with van der Waals surface area (Å²) in [5.74, 6) is -0.618. The highest BCUT2D eigenvalue weighted by atomic mass is 16.5. The summed E-state index contributed by atoms with van der Waals surface area (Å²) in [6.45, 7) is 2.06. The monoisotopic (exact) mass is 458 g/mol. The third kappa shape index (κ3) is 3.78. The Hall–Kier alpha value is -3.84. The second kappa shape index (κ2) is 8.50. The molecule has 0 radical (unpaired) electrons. The molecule has 0 aliphatic carbocycles. The van der Waals surface area contributed by atoms with E-state index in [2.05, 4.69) is 0 Å². The first-order valence-electron chi connectivity index (χ1n) is 11.3. The number of carbonyl (C=O) groups excluding carboxylic acids is 2. The molecule has 174 valence electrons. The van der Waals surface area contributed by atoms with Crippen molar-refractivity contribution in [3.63, 3.8) is 0 Å². The number of ketones is 1. The molecule has 2 aliphatic rings. The third-order valence-corrected chi connectivity index (χ3v) is 6.40. The standard InChI is InChI=1S/C27H26N2O5/c1-16-13-19-14-18(8-11-22(19)34-16)25(30)23-24(17-6-9-20(10-7-17)28(2)3)29(27(32)26(23)31)15-21-5-4-12-33-21/h4-12,14,16,24,30H,13,15H2,1-3H3. The molecule has 1 N–H and O–H groups in total. The second-order valence-corrected chi connectivity index (χ2v) is 9.06. The van der Waals surface area contributed by atoms with Gasteiger partial charge in [0.15, 0.2) is 0 Å². The topological polar surface area (TPSA) is 87.2 Å². The molecular weight excluding hydrogens is 432 g/mol. The normalized spacial score (nSPS) is 21.2. The first-order valence-corrected chi connectivity index (χ1v) is 11.3. The van der Waals surface area contributed by atoms with Crippen LogP contribution >= 0.6 is 0 Å². The fourth-order valence-corrected chi connectivity index (χ4v) is 4.67. The van der Waals surface area contributed by atoms with Crippen molar-refractivity contribution in [2.45, 2.75) is 32.0 Å². The molecule has 1 fully saturated rings. The second-order valence-electron chi connectivity index (χ2n) is 9.06. The van der Waals surface area contributed by atoms with Gasteiger partial charge >= 0.3 is 0 Å². The molecule has 3 aromatic rings. The minimum atomic E-state index is -0.799. The number of furan rings is 1. The number of fused-ring (bicyclic) bond motifs is 1. The van der Waals surface area contributed by atoms with Crippen LogP contribution in [0.4, 0.5) is 5.69 Å². The van der Waals surface area contributed by atoms with Crippen LogP contribution in [0.2, 0.25) is 0 Å². The lowest BCUT2D eigenvalue weighted by molar-refractivity contribution is -0.786. The number of amides is 1. The molecule has 1 aromatic heterocycles. The first kappa shape index (κ1) is 22.0. The van der Waals surface area contributed by atoms with E-state index in [1.807, 2.05) is 45.3 Å². The number of likely N-dealkylation sites (tertiary alicyclic amines) is 1. The van der Waals surface area contributed by atoms with Gasteiger partial charge in [-0.25, -0.2) is 0 Å². The minimum absolute atomic E-state index is 0.0339. The lowest BCUT2D eigenvalue weighted by atomic mass is 9.94. The van der Waals surface area contributed by atoms with Crippen molar-refractivity contribution < 1.29 is 28.7 Å². The van der Waals surface area contributed by atoms with Gasteiger partial charge in [-0.15, -0.1) is 0 Å². The summed E-state index contributed by atoms with van der Waals surface area (Å²) in [5, 5.41) is 13.7. The van der Waals surface area contributed by atoms with Crippen molar-refractivity contribution in [2.75, 3.05) is 14.1 Å².